The van der Waals surface area contributed by atoms with Gasteiger partial charge in [0.25, 0.3) is 5.70 Å². The summed E-state index contributed by atoms with van der Waals surface area (Å²) < 4.78 is 16.3. The maximum atomic E-state index is 12.6. The minimum atomic E-state index is -0.798. The van der Waals surface area contributed by atoms with Crippen LogP contribution in [0.5, 0.6) is 0 Å². The molecular weight excluding hydrogens is 364 g/mol. The van der Waals surface area contributed by atoms with Gasteiger partial charge >= 0.3 is 23.9 Å². The summed E-state index contributed by atoms with van der Waals surface area (Å²) in [4.78, 5) is 36.2. The molecule has 0 fully saturated rings. The first-order valence-corrected chi connectivity index (χ1v) is 8.62. The summed E-state index contributed by atoms with van der Waals surface area (Å²) in [5, 5.41) is 2.35. The van der Waals surface area contributed by atoms with Crippen LogP contribution >= 0.6 is 0 Å². The molecule has 28 heavy (non-hydrogen) atoms. The molecule has 0 spiro atoms. The number of nitrogens with zero attached hydrogens (tertiary/aromatic N) is 1. The third-order valence-corrected chi connectivity index (χ3v) is 3.33. The maximum absolute atomic E-state index is 12.6. The summed E-state index contributed by atoms with van der Waals surface area (Å²) in [5.74, 6) is -1.31. The molecule has 8 heteroatoms. The monoisotopic (exact) mass is 391 g/mol. The van der Waals surface area contributed by atoms with Crippen molar-refractivity contribution >= 4 is 23.9 Å². The predicted octanol–water partition coefficient (Wildman–Crippen LogP) is 2.37. The highest BCUT2D eigenvalue weighted by Crippen LogP contribution is 2.07. The number of benzene rings is 1. The lowest BCUT2D eigenvalue weighted by molar-refractivity contribution is -0.407. The van der Waals surface area contributed by atoms with E-state index in [0.29, 0.717) is 0 Å². The van der Waals surface area contributed by atoms with Gasteiger partial charge in [-0.25, -0.2) is 14.4 Å². The summed E-state index contributed by atoms with van der Waals surface area (Å²) >= 11 is 0. The number of ether oxygens (including phenoxy) is 3. The van der Waals surface area contributed by atoms with Crippen LogP contribution in [0.4, 0.5) is 4.79 Å². The Hall–Kier alpha value is -3.16. The van der Waals surface area contributed by atoms with E-state index in [1.807, 2.05) is 30.3 Å². The zero-order valence-electron chi connectivity index (χ0n) is 16.9. The third kappa shape index (κ3) is 7.61. The highest BCUT2D eigenvalue weighted by Gasteiger charge is 2.32. The van der Waals surface area contributed by atoms with E-state index in [2.05, 4.69) is 16.6 Å². The van der Waals surface area contributed by atoms with E-state index in [4.69, 9.17) is 9.47 Å². The van der Waals surface area contributed by atoms with Gasteiger partial charge in [0.05, 0.1) is 14.0 Å². The Bertz CT molecular complexity index is 763. The highest BCUT2D eigenvalue weighted by molar-refractivity contribution is 5.91. The number of hydrogen-bond acceptors (Lipinski definition) is 6. The summed E-state index contributed by atoms with van der Waals surface area (Å²) in [6.45, 7) is 9.99. The number of carbonyl (C=O) groups is 3. The number of alkyl carbamates (subject to hydrolysis) is 1. The Morgan fingerprint density at radius 3 is 2.29 bits per heavy atom. The molecular formula is C20H27N2O6+. The van der Waals surface area contributed by atoms with Gasteiger partial charge in [0, 0.05) is 0 Å². The first kappa shape index (κ1) is 22.9. The normalized spacial score (nSPS) is 11.8. The van der Waals surface area contributed by atoms with Crippen molar-refractivity contribution in [2.45, 2.75) is 39.9 Å². The third-order valence-electron chi connectivity index (χ3n) is 3.33. The molecule has 0 aliphatic rings. The van der Waals surface area contributed by atoms with E-state index >= 15 is 0 Å². The van der Waals surface area contributed by atoms with E-state index in [9.17, 15) is 14.4 Å². The van der Waals surface area contributed by atoms with Gasteiger partial charge in [0.1, 0.15) is 18.8 Å². The molecule has 152 valence electrons. The lowest BCUT2D eigenvalue weighted by Crippen LogP contribution is -2.41. The van der Waals surface area contributed by atoms with Gasteiger partial charge in [-0.05, 0) is 32.9 Å². The van der Waals surface area contributed by atoms with Crippen LogP contribution in [-0.4, -0.2) is 47.7 Å². The van der Waals surface area contributed by atoms with Crippen LogP contribution in [0.25, 0.3) is 0 Å². The van der Waals surface area contributed by atoms with Crippen molar-refractivity contribution in [2.24, 2.45) is 0 Å². The van der Waals surface area contributed by atoms with Crippen molar-refractivity contribution < 1.29 is 33.2 Å². The van der Waals surface area contributed by atoms with E-state index < -0.39 is 30.1 Å². The molecule has 8 nitrogen and oxygen atoms in total. The molecule has 2 amide bonds. The van der Waals surface area contributed by atoms with Gasteiger partial charge in [0.15, 0.2) is 0 Å². The minimum Gasteiger partial charge on any atom is -0.461 e. The Morgan fingerprint density at radius 1 is 1.14 bits per heavy atom. The number of hydrogen-bond donors (Lipinski definition) is 1. The standard InChI is InChI=1S/C20H26N2O6/c1-14(18(24)26-6)22(15(2)27-13-16-10-8-7-9-11-16)17(23)12-21-19(25)28-20(3,4)5/h7-11H,1,12-13H2,2-6H3/p+1. The Balaban J connectivity index is 2.94. The van der Waals surface area contributed by atoms with Gasteiger partial charge in [-0.2, -0.15) is 0 Å². The highest BCUT2D eigenvalue weighted by atomic mass is 16.6. The number of methoxy groups -OCH3 is 1. The smallest absolute Gasteiger partial charge is 0.415 e. The summed E-state index contributed by atoms with van der Waals surface area (Å²) in [5.41, 5.74) is -0.0580. The SMILES string of the molecule is C=C(C(=O)OC)[N+](C(=O)CNC(=O)OC(C)(C)C)=C(C)OCc1ccccc1. The quantitative estimate of drug-likeness (QED) is 0.263. The predicted molar refractivity (Wildman–Crippen MR) is 103 cm³/mol. The maximum Gasteiger partial charge on any atom is 0.415 e. The summed E-state index contributed by atoms with van der Waals surface area (Å²) in [6, 6.07) is 9.30. The van der Waals surface area contributed by atoms with E-state index in [-0.39, 0.29) is 18.2 Å². The van der Waals surface area contributed by atoms with Crippen molar-refractivity contribution in [1.82, 2.24) is 5.32 Å². The van der Waals surface area contributed by atoms with Gasteiger partial charge < -0.3 is 19.5 Å². The average molecular weight is 391 g/mol. The van der Waals surface area contributed by atoms with E-state index in [0.717, 1.165) is 10.1 Å². The number of rotatable bonds is 6. The second-order valence-corrected chi connectivity index (χ2v) is 6.82. The molecule has 0 atom stereocenters. The molecule has 1 aromatic rings. The zero-order chi connectivity index (χ0) is 21.3. The van der Waals surface area contributed by atoms with Gasteiger partial charge in [-0.3, -0.25) is 0 Å². The molecule has 0 heterocycles. The topological polar surface area (TPSA) is 93.9 Å². The first-order chi connectivity index (χ1) is 13.0. The van der Waals surface area contributed by atoms with Crippen LogP contribution in [0, 0.1) is 0 Å². The van der Waals surface area contributed by atoms with Crippen molar-refractivity contribution in [1.29, 1.82) is 0 Å². The Labute approximate surface area is 164 Å². The number of esters is 1. The van der Waals surface area contributed by atoms with Crippen molar-refractivity contribution in [2.75, 3.05) is 13.7 Å². The molecule has 0 aromatic heterocycles. The first-order valence-electron chi connectivity index (χ1n) is 8.62. The largest absolute Gasteiger partial charge is 0.461 e. The lowest BCUT2D eigenvalue weighted by Gasteiger charge is -2.19. The number of amides is 2. The molecule has 0 unspecified atom stereocenters. The minimum absolute atomic E-state index is 0.121. The number of carbonyl (C=O) groups excluding carboxylic acids is 3. The number of nitrogens with one attached hydrogen (secondary N) is 1. The Kier molecular flexibility index (Phi) is 8.37. The van der Waals surface area contributed by atoms with Gasteiger partial charge in [-0.1, -0.05) is 34.9 Å². The van der Waals surface area contributed by atoms with Gasteiger partial charge in [0.2, 0.25) is 0 Å². The fourth-order valence-electron chi connectivity index (χ4n) is 2.09. The summed E-state index contributed by atoms with van der Waals surface area (Å²) in [6.07, 6.45) is -0.757. The second kappa shape index (κ2) is 10.2. The molecule has 0 radical (unpaired) electrons. The average Bonchev–Trinajstić information content (AvgIpc) is 2.63. The van der Waals surface area contributed by atoms with Crippen LogP contribution in [0.1, 0.15) is 33.3 Å². The molecule has 0 aliphatic carbocycles. The fraction of sp³-hybridized carbons (Fsp3) is 0.400. The Morgan fingerprint density at radius 2 is 1.75 bits per heavy atom. The molecule has 1 N–H and O–H groups in total. The zero-order valence-corrected chi connectivity index (χ0v) is 16.9. The van der Waals surface area contributed by atoms with Crippen LogP contribution in [0.3, 0.4) is 0 Å². The fourth-order valence-corrected chi connectivity index (χ4v) is 2.09. The van der Waals surface area contributed by atoms with Crippen molar-refractivity contribution in [3.8, 4) is 0 Å². The van der Waals surface area contributed by atoms with Crippen molar-refractivity contribution in [3.05, 3.63) is 48.2 Å². The lowest BCUT2D eigenvalue weighted by atomic mass is 10.2. The van der Waals surface area contributed by atoms with E-state index in [1.165, 1.54) is 14.0 Å². The molecule has 0 aliphatic heterocycles. The van der Waals surface area contributed by atoms with Crippen molar-refractivity contribution in [3.63, 3.8) is 0 Å². The van der Waals surface area contributed by atoms with Gasteiger partial charge in [-0.15, -0.1) is 0 Å². The van der Waals surface area contributed by atoms with Crippen LogP contribution in [0.2, 0.25) is 0 Å². The second-order valence-electron chi connectivity index (χ2n) is 6.82. The molecule has 1 rings (SSSR count). The molecule has 0 saturated heterocycles. The van der Waals surface area contributed by atoms with Crippen LogP contribution in [-0.2, 0) is 30.4 Å². The molecule has 0 saturated carbocycles. The molecule has 0 bridgehead atoms. The molecule has 1 aromatic carbocycles. The van der Waals surface area contributed by atoms with Crippen LogP contribution in [0.15, 0.2) is 42.6 Å². The van der Waals surface area contributed by atoms with E-state index in [1.54, 1.807) is 20.8 Å². The summed E-state index contributed by atoms with van der Waals surface area (Å²) in [7, 11) is 1.18. The van der Waals surface area contributed by atoms with Crippen LogP contribution < -0.4 is 5.32 Å².